The highest BCUT2D eigenvalue weighted by molar-refractivity contribution is 6.33. The highest BCUT2D eigenvalue weighted by Crippen LogP contribution is 2.31. The van der Waals surface area contributed by atoms with Crippen molar-refractivity contribution < 1.29 is 23.8 Å². The second-order valence-electron chi connectivity index (χ2n) is 6.30. The van der Waals surface area contributed by atoms with Crippen LogP contribution in [0.25, 0.3) is 11.3 Å². The molecule has 132 valence electrons. The number of rotatable bonds is 3. The lowest BCUT2D eigenvalue weighted by atomic mass is 10.1. The molecular formula is C18H18ClNO5. The van der Waals surface area contributed by atoms with Crippen LogP contribution < -0.4 is 5.32 Å². The van der Waals surface area contributed by atoms with Crippen LogP contribution in [0.1, 0.15) is 16.1 Å². The monoisotopic (exact) mass is 363 g/mol. The summed E-state index contributed by atoms with van der Waals surface area (Å²) in [4.78, 5) is 12.6. The van der Waals surface area contributed by atoms with E-state index >= 15 is 0 Å². The maximum Gasteiger partial charge on any atom is 0.255 e. The molecule has 25 heavy (non-hydrogen) atoms. The van der Waals surface area contributed by atoms with Gasteiger partial charge >= 0.3 is 0 Å². The Morgan fingerprint density at radius 1 is 1.24 bits per heavy atom. The molecule has 4 atom stereocenters. The number of aliphatic hydroxyl groups excluding tert-OH is 1. The zero-order valence-electron chi connectivity index (χ0n) is 13.6. The van der Waals surface area contributed by atoms with Gasteiger partial charge in [0, 0.05) is 5.56 Å². The molecule has 6 nitrogen and oxygen atoms in total. The summed E-state index contributed by atoms with van der Waals surface area (Å²) in [5, 5.41) is 13.3. The molecule has 2 N–H and O–H groups in total. The quantitative estimate of drug-likeness (QED) is 0.873. The van der Waals surface area contributed by atoms with Crippen molar-refractivity contribution in [2.24, 2.45) is 0 Å². The molecule has 0 radical (unpaired) electrons. The summed E-state index contributed by atoms with van der Waals surface area (Å²) in [6.07, 6.45) is -1.35. The van der Waals surface area contributed by atoms with Gasteiger partial charge in [-0.1, -0.05) is 23.7 Å². The first-order chi connectivity index (χ1) is 12.0. The van der Waals surface area contributed by atoms with Gasteiger partial charge in [-0.15, -0.1) is 0 Å². The van der Waals surface area contributed by atoms with Crippen molar-refractivity contribution in [1.29, 1.82) is 0 Å². The number of aliphatic hydroxyl groups is 1. The van der Waals surface area contributed by atoms with E-state index in [4.69, 9.17) is 25.5 Å². The standard InChI is InChI=1S/C18H18ClNO5/c1-9-11(6-15(25-9)10-4-2-3-5-12(10)19)18(22)20-13-7-23-17-14(21)8-24-16(13)17/h2-6,13-14,16-17,21H,7-8H2,1H3,(H,20,22)/t13-,14-,16-,17-/m1/s1. The maximum atomic E-state index is 12.6. The first-order valence-electron chi connectivity index (χ1n) is 8.12. The number of aryl methyl sites for hydroxylation is 1. The lowest BCUT2D eigenvalue weighted by Crippen LogP contribution is -2.44. The van der Waals surface area contributed by atoms with Gasteiger partial charge in [-0.3, -0.25) is 4.79 Å². The van der Waals surface area contributed by atoms with E-state index in [-0.39, 0.29) is 30.8 Å². The molecule has 2 saturated heterocycles. The van der Waals surface area contributed by atoms with E-state index in [1.54, 1.807) is 19.1 Å². The first-order valence-corrected chi connectivity index (χ1v) is 8.50. The zero-order valence-corrected chi connectivity index (χ0v) is 14.3. The Bertz CT molecular complexity index is 805. The summed E-state index contributed by atoms with van der Waals surface area (Å²) in [5.41, 5.74) is 1.18. The first kappa shape index (κ1) is 16.6. The third kappa shape index (κ3) is 2.95. The van der Waals surface area contributed by atoms with Gasteiger partial charge in [-0.25, -0.2) is 0 Å². The molecule has 0 saturated carbocycles. The van der Waals surface area contributed by atoms with Gasteiger partial charge in [0.05, 0.1) is 29.8 Å². The van der Waals surface area contributed by atoms with Crippen LogP contribution in [0.15, 0.2) is 34.7 Å². The van der Waals surface area contributed by atoms with Crippen molar-refractivity contribution in [3.05, 3.63) is 46.7 Å². The number of furan rings is 1. The van der Waals surface area contributed by atoms with E-state index in [9.17, 15) is 9.90 Å². The van der Waals surface area contributed by atoms with E-state index in [2.05, 4.69) is 5.32 Å². The molecule has 2 aromatic rings. The number of hydrogen-bond donors (Lipinski definition) is 2. The topological polar surface area (TPSA) is 80.9 Å². The number of benzene rings is 1. The molecular weight excluding hydrogens is 346 g/mol. The lowest BCUT2D eigenvalue weighted by molar-refractivity contribution is 0.0178. The van der Waals surface area contributed by atoms with Gasteiger partial charge in [-0.2, -0.15) is 0 Å². The molecule has 3 heterocycles. The minimum atomic E-state index is -0.644. The number of carbonyl (C=O) groups is 1. The summed E-state index contributed by atoms with van der Waals surface area (Å²) in [7, 11) is 0. The average molecular weight is 364 g/mol. The van der Waals surface area contributed by atoms with Gasteiger partial charge in [0.15, 0.2) is 0 Å². The van der Waals surface area contributed by atoms with Crippen LogP contribution in [0.3, 0.4) is 0 Å². The molecule has 0 aliphatic carbocycles. The highest BCUT2D eigenvalue weighted by Gasteiger charge is 2.47. The molecule has 4 rings (SSSR count). The Labute approximate surface area is 149 Å². The number of hydrogen-bond acceptors (Lipinski definition) is 5. The number of ether oxygens (including phenoxy) is 2. The summed E-state index contributed by atoms with van der Waals surface area (Å²) in [6, 6.07) is 8.69. The van der Waals surface area contributed by atoms with E-state index < -0.39 is 6.10 Å². The van der Waals surface area contributed by atoms with Crippen molar-refractivity contribution in [2.75, 3.05) is 13.2 Å². The van der Waals surface area contributed by atoms with Crippen molar-refractivity contribution in [3.8, 4) is 11.3 Å². The SMILES string of the molecule is Cc1oc(-c2ccccc2Cl)cc1C(=O)N[C@@H]1CO[C@H]2[C@@H]1OC[C@H]2O. The van der Waals surface area contributed by atoms with E-state index in [1.165, 1.54) is 0 Å². The highest BCUT2D eigenvalue weighted by atomic mass is 35.5. The van der Waals surface area contributed by atoms with Gasteiger partial charge < -0.3 is 24.3 Å². The Morgan fingerprint density at radius 3 is 2.80 bits per heavy atom. The van der Waals surface area contributed by atoms with Crippen LogP contribution in [0.2, 0.25) is 5.02 Å². The Morgan fingerprint density at radius 2 is 2.00 bits per heavy atom. The number of nitrogens with one attached hydrogen (secondary N) is 1. The lowest BCUT2D eigenvalue weighted by Gasteiger charge is -2.17. The van der Waals surface area contributed by atoms with Crippen LogP contribution in [-0.2, 0) is 9.47 Å². The third-order valence-electron chi connectivity index (χ3n) is 4.65. The van der Waals surface area contributed by atoms with Crippen LogP contribution in [0.5, 0.6) is 0 Å². The van der Waals surface area contributed by atoms with Crippen molar-refractivity contribution in [2.45, 2.75) is 31.3 Å². The number of carbonyl (C=O) groups excluding carboxylic acids is 1. The third-order valence-corrected chi connectivity index (χ3v) is 4.98. The Hall–Kier alpha value is -1.86. The largest absolute Gasteiger partial charge is 0.460 e. The second-order valence-corrected chi connectivity index (χ2v) is 6.71. The molecule has 0 bridgehead atoms. The molecule has 2 aliphatic rings. The number of fused-ring (bicyclic) bond motifs is 1. The molecule has 0 unspecified atom stereocenters. The molecule has 1 amide bonds. The summed E-state index contributed by atoms with van der Waals surface area (Å²) < 4.78 is 16.8. The van der Waals surface area contributed by atoms with Crippen LogP contribution in [0.4, 0.5) is 0 Å². The van der Waals surface area contributed by atoms with Crippen molar-refractivity contribution in [3.63, 3.8) is 0 Å². The van der Waals surface area contributed by atoms with Crippen LogP contribution in [0, 0.1) is 6.92 Å². The van der Waals surface area contributed by atoms with E-state index in [1.807, 2.05) is 18.2 Å². The fraction of sp³-hybridized carbons (Fsp3) is 0.389. The summed E-state index contributed by atoms with van der Waals surface area (Å²) in [5.74, 6) is 0.787. The minimum absolute atomic E-state index is 0.225. The Kier molecular flexibility index (Phi) is 4.29. The smallest absolute Gasteiger partial charge is 0.255 e. The molecule has 0 spiro atoms. The average Bonchev–Trinajstić information content (AvgIpc) is 3.26. The molecule has 2 aliphatic heterocycles. The fourth-order valence-corrected chi connectivity index (χ4v) is 3.58. The van der Waals surface area contributed by atoms with Gasteiger partial charge in [0.25, 0.3) is 5.91 Å². The summed E-state index contributed by atoms with van der Waals surface area (Å²) >= 11 is 6.19. The van der Waals surface area contributed by atoms with Gasteiger partial charge in [-0.05, 0) is 25.1 Å². The van der Waals surface area contributed by atoms with E-state index in [0.717, 1.165) is 5.56 Å². The molecule has 7 heteroatoms. The van der Waals surface area contributed by atoms with Crippen molar-refractivity contribution >= 4 is 17.5 Å². The van der Waals surface area contributed by atoms with Gasteiger partial charge in [0.2, 0.25) is 0 Å². The Balaban J connectivity index is 1.53. The number of amides is 1. The van der Waals surface area contributed by atoms with Gasteiger partial charge in [0.1, 0.15) is 29.8 Å². The van der Waals surface area contributed by atoms with Crippen LogP contribution in [-0.4, -0.2) is 48.6 Å². The fourth-order valence-electron chi connectivity index (χ4n) is 3.35. The maximum absolute atomic E-state index is 12.6. The zero-order chi connectivity index (χ0) is 17.6. The normalized spacial score (nSPS) is 28.1. The molecule has 1 aromatic heterocycles. The minimum Gasteiger partial charge on any atom is -0.460 e. The summed E-state index contributed by atoms with van der Waals surface area (Å²) in [6.45, 7) is 2.27. The number of halogens is 1. The predicted octanol–water partition coefficient (Wildman–Crippen LogP) is 2.17. The predicted molar refractivity (Wildman–Crippen MR) is 90.6 cm³/mol. The van der Waals surface area contributed by atoms with Crippen LogP contribution >= 0.6 is 11.6 Å². The van der Waals surface area contributed by atoms with Crippen molar-refractivity contribution in [1.82, 2.24) is 5.32 Å². The second kappa shape index (κ2) is 6.46. The molecule has 2 fully saturated rings. The van der Waals surface area contributed by atoms with E-state index in [0.29, 0.717) is 28.7 Å². The molecule has 1 aromatic carbocycles.